The van der Waals surface area contributed by atoms with Gasteiger partial charge in [0, 0.05) is 21.8 Å². The van der Waals surface area contributed by atoms with Gasteiger partial charge >= 0.3 is 0 Å². The smallest absolute Gasteiger partial charge is 0.246 e. The summed E-state index contributed by atoms with van der Waals surface area (Å²) in [5.74, 6) is 0.00327. The van der Waals surface area contributed by atoms with E-state index < -0.39 is 0 Å². The molecule has 2 aromatic rings. The van der Waals surface area contributed by atoms with Gasteiger partial charge in [-0.3, -0.25) is 10.1 Å². The van der Waals surface area contributed by atoms with E-state index in [0.29, 0.717) is 0 Å². The number of carbonyl (C=O) groups is 1. The average molecular weight is 345 g/mol. The molecule has 4 heteroatoms. The van der Waals surface area contributed by atoms with Gasteiger partial charge in [0.2, 0.25) is 5.91 Å². The van der Waals surface area contributed by atoms with Crippen LogP contribution < -0.4 is 10.6 Å². The summed E-state index contributed by atoms with van der Waals surface area (Å²) in [4.78, 5) is 12.2. The number of amides is 1. The number of halogens is 1. The molecule has 2 atom stereocenters. The Morgan fingerprint density at radius 1 is 1.24 bits per heavy atom. The van der Waals surface area contributed by atoms with Gasteiger partial charge in [-0.25, -0.2) is 0 Å². The Balaban J connectivity index is 1.86. The first-order chi connectivity index (χ1) is 10.1. The zero-order valence-electron chi connectivity index (χ0n) is 12.0. The van der Waals surface area contributed by atoms with Gasteiger partial charge in [-0.1, -0.05) is 46.3 Å². The second-order valence-corrected chi connectivity index (χ2v) is 6.31. The van der Waals surface area contributed by atoms with Crippen LogP contribution in [0.3, 0.4) is 0 Å². The number of anilines is 1. The standard InChI is InChI=1S/C17H17BrN2O/c1-10-5-3-4-6-13(10)11(2)19-16-14-8-7-12(18)9-15(14)20-17(16)21/h3-9,11,16,19H,1-2H3,(H,20,21). The zero-order chi connectivity index (χ0) is 15.0. The molecule has 0 fully saturated rings. The van der Waals surface area contributed by atoms with Gasteiger partial charge in [0.1, 0.15) is 6.04 Å². The van der Waals surface area contributed by atoms with E-state index in [-0.39, 0.29) is 18.0 Å². The fraction of sp³-hybridized carbons (Fsp3) is 0.235. The monoisotopic (exact) mass is 344 g/mol. The van der Waals surface area contributed by atoms with Crippen LogP contribution in [0.15, 0.2) is 46.9 Å². The van der Waals surface area contributed by atoms with E-state index in [1.165, 1.54) is 11.1 Å². The molecule has 21 heavy (non-hydrogen) atoms. The Morgan fingerprint density at radius 2 is 2.00 bits per heavy atom. The molecule has 2 unspecified atom stereocenters. The number of carbonyl (C=O) groups excluding carboxylic acids is 1. The van der Waals surface area contributed by atoms with E-state index in [0.717, 1.165) is 15.7 Å². The van der Waals surface area contributed by atoms with Gasteiger partial charge in [0.25, 0.3) is 0 Å². The lowest BCUT2D eigenvalue weighted by Crippen LogP contribution is -2.30. The van der Waals surface area contributed by atoms with E-state index in [9.17, 15) is 4.79 Å². The largest absolute Gasteiger partial charge is 0.324 e. The van der Waals surface area contributed by atoms with Crippen LogP contribution in [0.4, 0.5) is 5.69 Å². The SMILES string of the molecule is Cc1ccccc1C(C)NC1C(=O)Nc2cc(Br)ccc21. The molecule has 1 heterocycles. The summed E-state index contributed by atoms with van der Waals surface area (Å²) in [6, 6.07) is 13.9. The summed E-state index contributed by atoms with van der Waals surface area (Å²) in [5.41, 5.74) is 4.33. The van der Waals surface area contributed by atoms with Crippen LogP contribution in [0.5, 0.6) is 0 Å². The number of benzene rings is 2. The Morgan fingerprint density at radius 3 is 2.76 bits per heavy atom. The molecule has 0 radical (unpaired) electrons. The molecular formula is C17H17BrN2O. The van der Waals surface area contributed by atoms with Gasteiger partial charge in [-0.15, -0.1) is 0 Å². The molecule has 2 aromatic carbocycles. The summed E-state index contributed by atoms with van der Waals surface area (Å²) in [5, 5.41) is 6.36. The minimum absolute atomic E-state index is 0.00327. The molecule has 1 aliphatic heterocycles. The molecular weight excluding hydrogens is 328 g/mol. The molecule has 3 rings (SSSR count). The van der Waals surface area contributed by atoms with Crippen molar-refractivity contribution in [2.75, 3.05) is 5.32 Å². The summed E-state index contributed by atoms with van der Waals surface area (Å²) >= 11 is 3.43. The number of nitrogens with one attached hydrogen (secondary N) is 2. The topological polar surface area (TPSA) is 41.1 Å². The molecule has 1 aliphatic rings. The highest BCUT2D eigenvalue weighted by atomic mass is 79.9. The van der Waals surface area contributed by atoms with Crippen molar-refractivity contribution in [3.05, 3.63) is 63.6 Å². The Hall–Kier alpha value is -1.65. The van der Waals surface area contributed by atoms with Crippen molar-refractivity contribution >= 4 is 27.5 Å². The van der Waals surface area contributed by atoms with Crippen molar-refractivity contribution in [1.82, 2.24) is 5.32 Å². The summed E-state index contributed by atoms with van der Waals surface area (Å²) in [6.45, 7) is 4.18. The van der Waals surface area contributed by atoms with Crippen molar-refractivity contribution in [2.24, 2.45) is 0 Å². The molecule has 0 aliphatic carbocycles. The first-order valence-electron chi connectivity index (χ1n) is 6.98. The number of rotatable bonds is 3. The minimum atomic E-state index is -0.303. The maximum absolute atomic E-state index is 12.2. The average Bonchev–Trinajstić information content (AvgIpc) is 2.74. The summed E-state index contributed by atoms with van der Waals surface area (Å²) in [7, 11) is 0. The summed E-state index contributed by atoms with van der Waals surface area (Å²) in [6.07, 6.45) is 0. The van der Waals surface area contributed by atoms with Crippen molar-refractivity contribution < 1.29 is 4.79 Å². The molecule has 3 nitrogen and oxygen atoms in total. The second-order valence-electron chi connectivity index (χ2n) is 5.40. The number of hydrogen-bond acceptors (Lipinski definition) is 2. The third-order valence-corrected chi connectivity index (χ3v) is 4.41. The zero-order valence-corrected chi connectivity index (χ0v) is 13.6. The normalized spacial score (nSPS) is 18.2. The van der Waals surface area contributed by atoms with Crippen LogP contribution in [0.1, 0.15) is 35.7 Å². The highest BCUT2D eigenvalue weighted by molar-refractivity contribution is 9.10. The van der Waals surface area contributed by atoms with Crippen LogP contribution in [0.25, 0.3) is 0 Å². The van der Waals surface area contributed by atoms with E-state index >= 15 is 0 Å². The lowest BCUT2D eigenvalue weighted by Gasteiger charge is -2.20. The van der Waals surface area contributed by atoms with Crippen molar-refractivity contribution in [3.63, 3.8) is 0 Å². The molecule has 0 bridgehead atoms. The number of hydrogen-bond donors (Lipinski definition) is 2. The minimum Gasteiger partial charge on any atom is -0.324 e. The molecule has 108 valence electrons. The first kappa shape index (κ1) is 14.3. The van der Waals surface area contributed by atoms with E-state index in [1.807, 2.05) is 30.3 Å². The van der Waals surface area contributed by atoms with Crippen LogP contribution in [0.2, 0.25) is 0 Å². The highest BCUT2D eigenvalue weighted by Crippen LogP contribution is 2.34. The number of fused-ring (bicyclic) bond motifs is 1. The molecule has 1 amide bonds. The van der Waals surface area contributed by atoms with Crippen LogP contribution in [0, 0.1) is 6.92 Å². The maximum atomic E-state index is 12.2. The highest BCUT2D eigenvalue weighted by Gasteiger charge is 2.31. The van der Waals surface area contributed by atoms with Crippen molar-refractivity contribution in [1.29, 1.82) is 0 Å². The number of aryl methyl sites for hydroxylation is 1. The lowest BCUT2D eigenvalue weighted by atomic mass is 10.0. The van der Waals surface area contributed by atoms with Crippen LogP contribution in [-0.4, -0.2) is 5.91 Å². The molecule has 0 saturated carbocycles. The van der Waals surface area contributed by atoms with Gasteiger partial charge in [-0.05, 0) is 37.1 Å². The Bertz CT molecular complexity index is 699. The second kappa shape index (κ2) is 5.62. The maximum Gasteiger partial charge on any atom is 0.246 e. The predicted octanol–water partition coefficient (Wildman–Crippen LogP) is 4.10. The third kappa shape index (κ3) is 2.74. The first-order valence-corrected chi connectivity index (χ1v) is 7.77. The fourth-order valence-corrected chi connectivity index (χ4v) is 3.17. The predicted molar refractivity (Wildman–Crippen MR) is 88.2 cm³/mol. The van der Waals surface area contributed by atoms with E-state index in [1.54, 1.807) is 0 Å². The quantitative estimate of drug-likeness (QED) is 0.879. The van der Waals surface area contributed by atoms with E-state index in [2.05, 4.69) is 52.5 Å². The fourth-order valence-electron chi connectivity index (χ4n) is 2.81. The van der Waals surface area contributed by atoms with Crippen molar-refractivity contribution in [3.8, 4) is 0 Å². The van der Waals surface area contributed by atoms with Crippen molar-refractivity contribution in [2.45, 2.75) is 25.9 Å². The molecule has 0 saturated heterocycles. The van der Waals surface area contributed by atoms with E-state index in [4.69, 9.17) is 0 Å². The summed E-state index contributed by atoms with van der Waals surface area (Å²) < 4.78 is 0.967. The lowest BCUT2D eigenvalue weighted by molar-refractivity contribution is -0.117. The third-order valence-electron chi connectivity index (χ3n) is 3.92. The molecule has 0 aromatic heterocycles. The van der Waals surface area contributed by atoms with Crippen LogP contribution in [-0.2, 0) is 4.79 Å². The molecule has 2 N–H and O–H groups in total. The Kier molecular flexibility index (Phi) is 3.83. The van der Waals surface area contributed by atoms with Gasteiger partial charge in [0.15, 0.2) is 0 Å². The van der Waals surface area contributed by atoms with Gasteiger partial charge in [0.05, 0.1) is 0 Å². The van der Waals surface area contributed by atoms with Gasteiger partial charge in [-0.2, -0.15) is 0 Å². The molecule has 0 spiro atoms. The van der Waals surface area contributed by atoms with Gasteiger partial charge < -0.3 is 5.32 Å². The van der Waals surface area contributed by atoms with Crippen LogP contribution >= 0.6 is 15.9 Å². The Labute approximate surface area is 132 Å².